The maximum atomic E-state index is 11.7. The van der Waals surface area contributed by atoms with Crippen LogP contribution in [-0.4, -0.2) is 60.9 Å². The van der Waals surface area contributed by atoms with E-state index in [1.165, 1.54) is 0 Å². The maximum absolute atomic E-state index is 11.7. The third-order valence-electron chi connectivity index (χ3n) is 2.97. The summed E-state index contributed by atoms with van der Waals surface area (Å²) in [6.07, 6.45) is -5.83. The summed E-state index contributed by atoms with van der Waals surface area (Å²) >= 11 is 0. The van der Waals surface area contributed by atoms with E-state index in [-0.39, 0.29) is 0 Å². The third kappa shape index (κ3) is 2.25. The van der Waals surface area contributed by atoms with Gasteiger partial charge in [0.25, 0.3) is 5.56 Å². The molecule has 2 heterocycles. The molecule has 0 aliphatic carbocycles. The van der Waals surface area contributed by atoms with E-state index in [0.29, 0.717) is 10.6 Å². The molecule has 0 saturated carbocycles. The Morgan fingerprint density at radius 2 is 2.00 bits per heavy atom. The Morgan fingerprint density at radius 3 is 2.50 bits per heavy atom. The summed E-state index contributed by atoms with van der Waals surface area (Å²) in [5, 5.41) is 37.3. The zero-order valence-corrected chi connectivity index (χ0v) is 9.96. The van der Waals surface area contributed by atoms with Crippen LogP contribution in [-0.2, 0) is 4.74 Å². The lowest BCUT2D eigenvalue weighted by molar-refractivity contribution is -0.0562. The Bertz CT molecular complexity index is 635. The molecule has 0 spiro atoms. The minimum Gasteiger partial charge on any atom is -0.477 e. The zero-order chi connectivity index (χ0) is 15.0. The number of carbonyl (C=O) groups is 1. The topological polar surface area (TPSA) is 162 Å². The van der Waals surface area contributed by atoms with Crippen LogP contribution < -0.4 is 11.2 Å². The number of hydrogen-bond donors (Lipinski definition) is 5. The summed E-state index contributed by atoms with van der Waals surface area (Å²) in [6, 6.07) is 0.651. The van der Waals surface area contributed by atoms with Crippen molar-refractivity contribution in [1.29, 1.82) is 0 Å². The van der Waals surface area contributed by atoms with Gasteiger partial charge in [-0.25, -0.2) is 9.59 Å². The van der Waals surface area contributed by atoms with E-state index in [9.17, 15) is 24.6 Å². The first-order chi connectivity index (χ1) is 9.36. The van der Waals surface area contributed by atoms with Crippen molar-refractivity contribution in [3.63, 3.8) is 0 Å². The van der Waals surface area contributed by atoms with Crippen LogP contribution in [0.15, 0.2) is 15.7 Å². The first kappa shape index (κ1) is 14.4. The number of aliphatic hydroxyl groups excluding tert-OH is 3. The number of aromatic carboxylic acids is 1. The predicted molar refractivity (Wildman–Crippen MR) is 61.3 cm³/mol. The molecule has 1 fully saturated rings. The number of ether oxygens (including phenoxy) is 1. The second-order valence-electron chi connectivity index (χ2n) is 4.23. The Kier molecular flexibility index (Phi) is 3.72. The van der Waals surface area contributed by atoms with Crippen molar-refractivity contribution >= 4 is 5.97 Å². The first-order valence-corrected chi connectivity index (χ1v) is 5.58. The Labute approximate surface area is 110 Å². The lowest BCUT2D eigenvalue weighted by Crippen LogP contribution is -2.40. The molecule has 1 saturated heterocycles. The second-order valence-corrected chi connectivity index (χ2v) is 4.23. The SMILES string of the molecule is O=C(O)c1cc(=O)[nH]c(=O)n1[C@@H]1O[C@H](CO)C(O)[C@@H]1O. The lowest BCUT2D eigenvalue weighted by atomic mass is 10.1. The number of H-pyrrole nitrogens is 1. The van der Waals surface area contributed by atoms with Gasteiger partial charge in [-0.15, -0.1) is 0 Å². The normalized spacial score (nSPS) is 29.6. The van der Waals surface area contributed by atoms with Gasteiger partial charge in [-0.1, -0.05) is 0 Å². The number of carboxylic acids is 1. The molecule has 110 valence electrons. The third-order valence-corrected chi connectivity index (χ3v) is 2.97. The molecule has 10 nitrogen and oxygen atoms in total. The van der Waals surface area contributed by atoms with Gasteiger partial charge < -0.3 is 25.2 Å². The van der Waals surface area contributed by atoms with Gasteiger partial charge in [0.2, 0.25) is 0 Å². The van der Waals surface area contributed by atoms with Crippen molar-refractivity contribution in [2.75, 3.05) is 6.61 Å². The number of nitrogens with one attached hydrogen (secondary N) is 1. The fraction of sp³-hybridized carbons (Fsp3) is 0.500. The van der Waals surface area contributed by atoms with E-state index in [1.807, 2.05) is 4.98 Å². The molecule has 1 aromatic heterocycles. The van der Waals surface area contributed by atoms with Crippen molar-refractivity contribution in [3.05, 3.63) is 32.6 Å². The van der Waals surface area contributed by atoms with E-state index >= 15 is 0 Å². The second kappa shape index (κ2) is 5.17. The van der Waals surface area contributed by atoms with Crippen molar-refractivity contribution < 1.29 is 30.0 Å². The Morgan fingerprint density at radius 1 is 1.35 bits per heavy atom. The van der Waals surface area contributed by atoms with Crippen LogP contribution in [0, 0.1) is 0 Å². The molecule has 1 aliphatic heterocycles. The van der Waals surface area contributed by atoms with Gasteiger partial charge in [-0.05, 0) is 0 Å². The van der Waals surface area contributed by atoms with Crippen molar-refractivity contribution in [2.24, 2.45) is 0 Å². The van der Waals surface area contributed by atoms with Crippen LogP contribution in [0.4, 0.5) is 0 Å². The van der Waals surface area contributed by atoms with Crippen molar-refractivity contribution in [2.45, 2.75) is 24.5 Å². The molecule has 0 radical (unpaired) electrons. The quantitative estimate of drug-likeness (QED) is 0.389. The molecular formula is C10H12N2O8. The largest absolute Gasteiger partial charge is 0.477 e. The van der Waals surface area contributed by atoms with Gasteiger partial charge in [0, 0.05) is 6.07 Å². The van der Waals surface area contributed by atoms with E-state index < -0.39 is 54.1 Å². The highest BCUT2D eigenvalue weighted by molar-refractivity contribution is 5.85. The number of rotatable bonds is 3. The van der Waals surface area contributed by atoms with E-state index in [2.05, 4.69) is 0 Å². The Hall–Kier alpha value is -2.01. The summed E-state index contributed by atoms with van der Waals surface area (Å²) in [7, 11) is 0. The van der Waals surface area contributed by atoms with Crippen molar-refractivity contribution in [1.82, 2.24) is 9.55 Å². The van der Waals surface area contributed by atoms with Crippen LogP contribution in [0.5, 0.6) is 0 Å². The molecule has 0 bridgehead atoms. The molecule has 2 rings (SSSR count). The van der Waals surface area contributed by atoms with E-state index in [0.717, 1.165) is 0 Å². The van der Waals surface area contributed by atoms with Gasteiger partial charge in [-0.2, -0.15) is 0 Å². The minimum absolute atomic E-state index is 0.507. The Balaban J connectivity index is 2.56. The van der Waals surface area contributed by atoms with Gasteiger partial charge in [0.1, 0.15) is 24.0 Å². The van der Waals surface area contributed by atoms with Crippen LogP contribution in [0.2, 0.25) is 0 Å². The molecule has 20 heavy (non-hydrogen) atoms. The molecule has 0 aromatic carbocycles. The summed E-state index contributed by atoms with van der Waals surface area (Å²) in [5.41, 5.74) is -2.73. The molecule has 0 amide bonds. The van der Waals surface area contributed by atoms with E-state index in [4.69, 9.17) is 14.9 Å². The zero-order valence-electron chi connectivity index (χ0n) is 9.96. The number of carboxylic acid groups (broad SMARTS) is 1. The number of aliphatic hydroxyl groups is 3. The van der Waals surface area contributed by atoms with Crippen LogP contribution in [0.25, 0.3) is 0 Å². The molecular weight excluding hydrogens is 276 g/mol. The summed E-state index contributed by atoms with van der Waals surface area (Å²) in [4.78, 5) is 35.7. The first-order valence-electron chi connectivity index (χ1n) is 5.58. The standard InChI is InChI=1S/C10H12N2O8/c13-2-4-6(15)7(16)8(20-4)12-3(9(17)18)1-5(14)11-10(12)19/h1,4,6-8,13,15-16H,2H2,(H,17,18)(H,11,14,19)/t4-,6?,7+,8-/m1/s1. The van der Waals surface area contributed by atoms with Gasteiger partial charge in [0.05, 0.1) is 6.61 Å². The average molecular weight is 288 g/mol. The summed E-state index contributed by atoms with van der Waals surface area (Å²) < 4.78 is 5.57. The van der Waals surface area contributed by atoms with Crippen LogP contribution >= 0.6 is 0 Å². The molecule has 1 unspecified atom stereocenters. The van der Waals surface area contributed by atoms with Gasteiger partial charge in [-0.3, -0.25) is 14.3 Å². The smallest absolute Gasteiger partial charge is 0.352 e. The highest BCUT2D eigenvalue weighted by Crippen LogP contribution is 2.28. The average Bonchev–Trinajstić information content (AvgIpc) is 2.65. The van der Waals surface area contributed by atoms with Crippen molar-refractivity contribution in [3.8, 4) is 0 Å². The number of aromatic nitrogens is 2. The fourth-order valence-electron chi connectivity index (χ4n) is 2.02. The number of hydrogen-bond acceptors (Lipinski definition) is 7. The molecule has 5 N–H and O–H groups in total. The summed E-state index contributed by atoms with van der Waals surface area (Å²) in [6.45, 7) is -0.630. The molecule has 1 aromatic rings. The number of aromatic amines is 1. The predicted octanol–water partition coefficient (Wildman–Crippen LogP) is -3.15. The van der Waals surface area contributed by atoms with E-state index in [1.54, 1.807) is 0 Å². The van der Waals surface area contributed by atoms with Crippen LogP contribution in [0.3, 0.4) is 0 Å². The van der Waals surface area contributed by atoms with Gasteiger partial charge in [0.15, 0.2) is 6.23 Å². The highest BCUT2D eigenvalue weighted by atomic mass is 16.6. The monoisotopic (exact) mass is 288 g/mol. The molecule has 1 aliphatic rings. The van der Waals surface area contributed by atoms with Crippen LogP contribution in [0.1, 0.15) is 16.7 Å². The number of nitrogens with zero attached hydrogens (tertiary/aromatic N) is 1. The maximum Gasteiger partial charge on any atom is 0.352 e. The molecule has 10 heteroatoms. The fourth-order valence-corrected chi connectivity index (χ4v) is 2.02. The minimum atomic E-state index is -1.63. The lowest BCUT2D eigenvalue weighted by Gasteiger charge is -2.19. The highest BCUT2D eigenvalue weighted by Gasteiger charge is 2.44. The summed E-state index contributed by atoms with van der Waals surface area (Å²) in [5.74, 6) is -1.58. The molecule has 4 atom stereocenters. The van der Waals surface area contributed by atoms with Gasteiger partial charge >= 0.3 is 11.7 Å².